The molecule has 0 atom stereocenters. The van der Waals surface area contributed by atoms with Gasteiger partial charge in [0.05, 0.1) is 31.0 Å². The Morgan fingerprint density at radius 3 is 2.58 bits per heavy atom. The minimum absolute atomic E-state index is 0.141. The van der Waals surface area contributed by atoms with Gasteiger partial charge in [-0.2, -0.15) is 0 Å². The number of fused-ring (bicyclic) bond motifs is 1. The predicted molar refractivity (Wildman–Crippen MR) is 178 cm³/mol. The van der Waals surface area contributed by atoms with Crippen LogP contribution in [0.25, 0.3) is 27.6 Å². The molecule has 48 heavy (non-hydrogen) atoms. The van der Waals surface area contributed by atoms with Crippen LogP contribution in [0, 0.1) is 0 Å². The second kappa shape index (κ2) is 13.3. The number of anilines is 4. The summed E-state index contributed by atoms with van der Waals surface area (Å²) in [7, 11) is 0. The standard InChI is InChI=1S/C34H28F3N7O3S/c35-34(36,37)47-27-6-1-3-22(19-27)20-29(45)39-25-5-2-4-23(21-25)30-31(44-15-18-48-33(44)42-30)28-11-12-38-32(41-28)40-24-7-9-26(10-8-24)43-13-16-46-17-14-43/h1-12,15,18-19,21H,13-14,16-17,20H2,(H,39,45)(H,38,40,41). The first-order valence-electron chi connectivity index (χ1n) is 15.0. The van der Waals surface area contributed by atoms with Crippen molar-refractivity contribution in [2.75, 3.05) is 41.8 Å². The van der Waals surface area contributed by atoms with E-state index in [0.29, 0.717) is 28.6 Å². The van der Waals surface area contributed by atoms with Crippen LogP contribution in [0.15, 0.2) is 96.6 Å². The SMILES string of the molecule is O=C(Cc1cccc(OC(F)(F)F)c1)Nc1cccc(-c2nc3sccn3c2-c2ccnc(Nc3ccc(N4CCOCC4)cc3)n2)c1. The van der Waals surface area contributed by atoms with Crippen LogP contribution < -0.4 is 20.3 Å². The molecule has 4 heterocycles. The van der Waals surface area contributed by atoms with Crippen LogP contribution in [0.4, 0.5) is 36.2 Å². The predicted octanol–water partition coefficient (Wildman–Crippen LogP) is 7.18. The normalized spacial score (nSPS) is 13.4. The highest BCUT2D eigenvalue weighted by Gasteiger charge is 2.31. The number of alkyl halides is 3. The van der Waals surface area contributed by atoms with E-state index in [9.17, 15) is 18.0 Å². The van der Waals surface area contributed by atoms with Crippen molar-refractivity contribution in [3.63, 3.8) is 0 Å². The van der Waals surface area contributed by atoms with Crippen LogP contribution in [0.1, 0.15) is 5.56 Å². The van der Waals surface area contributed by atoms with Crippen molar-refractivity contribution < 1.29 is 27.4 Å². The van der Waals surface area contributed by atoms with Gasteiger partial charge in [0, 0.05) is 53.5 Å². The van der Waals surface area contributed by atoms with Crippen LogP contribution in [0.2, 0.25) is 0 Å². The molecule has 1 saturated heterocycles. The zero-order valence-corrected chi connectivity index (χ0v) is 26.1. The first-order valence-corrected chi connectivity index (χ1v) is 15.9. The maximum Gasteiger partial charge on any atom is 0.573 e. The van der Waals surface area contributed by atoms with E-state index in [-0.39, 0.29) is 12.2 Å². The molecule has 3 aromatic carbocycles. The van der Waals surface area contributed by atoms with Gasteiger partial charge < -0.3 is 25.0 Å². The Morgan fingerprint density at radius 2 is 1.77 bits per heavy atom. The van der Waals surface area contributed by atoms with Crippen molar-refractivity contribution in [2.24, 2.45) is 0 Å². The van der Waals surface area contributed by atoms with E-state index in [1.807, 2.05) is 40.2 Å². The van der Waals surface area contributed by atoms with Gasteiger partial charge in [-0.1, -0.05) is 24.3 Å². The maximum atomic E-state index is 12.9. The van der Waals surface area contributed by atoms with E-state index < -0.39 is 12.3 Å². The average molecular weight is 672 g/mol. The van der Waals surface area contributed by atoms with Gasteiger partial charge in [0.2, 0.25) is 11.9 Å². The third-order valence-electron chi connectivity index (χ3n) is 7.58. The van der Waals surface area contributed by atoms with Gasteiger partial charge in [-0.3, -0.25) is 9.20 Å². The molecule has 10 nitrogen and oxygen atoms in total. The highest BCUT2D eigenvalue weighted by Crippen LogP contribution is 2.35. The van der Waals surface area contributed by atoms with Crippen LogP contribution in [0.3, 0.4) is 0 Å². The Balaban J connectivity index is 1.10. The van der Waals surface area contributed by atoms with Gasteiger partial charge in [-0.05, 0) is 60.2 Å². The number of ether oxygens (including phenoxy) is 2. The third-order valence-corrected chi connectivity index (χ3v) is 8.33. The Kier molecular flexibility index (Phi) is 8.65. The summed E-state index contributed by atoms with van der Waals surface area (Å²) >= 11 is 1.48. The van der Waals surface area contributed by atoms with Crippen LogP contribution in [0.5, 0.6) is 5.75 Å². The molecule has 1 amide bonds. The molecule has 0 radical (unpaired) electrons. The van der Waals surface area contributed by atoms with Gasteiger partial charge >= 0.3 is 6.36 Å². The van der Waals surface area contributed by atoms with Gasteiger partial charge in [0.25, 0.3) is 0 Å². The number of amides is 1. The molecule has 1 fully saturated rings. The van der Waals surface area contributed by atoms with Crippen molar-refractivity contribution in [3.05, 3.63) is 102 Å². The number of imidazole rings is 1. The van der Waals surface area contributed by atoms with E-state index in [1.54, 1.807) is 30.5 Å². The van der Waals surface area contributed by atoms with Gasteiger partial charge in [-0.25, -0.2) is 15.0 Å². The molecule has 2 N–H and O–H groups in total. The van der Waals surface area contributed by atoms with Gasteiger partial charge in [0.1, 0.15) is 11.4 Å². The number of rotatable bonds is 9. The molecule has 1 aliphatic heterocycles. The lowest BCUT2D eigenvalue weighted by atomic mass is 10.1. The summed E-state index contributed by atoms with van der Waals surface area (Å²) in [5.41, 5.74) is 5.67. The van der Waals surface area contributed by atoms with E-state index in [0.717, 1.165) is 53.9 Å². The number of benzene rings is 3. The lowest BCUT2D eigenvalue weighted by Gasteiger charge is -2.28. The zero-order chi connectivity index (χ0) is 33.1. The highest BCUT2D eigenvalue weighted by atomic mass is 32.1. The van der Waals surface area contributed by atoms with E-state index in [1.165, 1.54) is 29.5 Å². The fraction of sp³-hybridized carbons (Fsp3) is 0.176. The largest absolute Gasteiger partial charge is 0.573 e. The topological polar surface area (TPSA) is 106 Å². The smallest absolute Gasteiger partial charge is 0.406 e. The first-order chi connectivity index (χ1) is 23.3. The summed E-state index contributed by atoms with van der Waals surface area (Å²) in [5, 5.41) is 8.08. The van der Waals surface area contributed by atoms with Crippen molar-refractivity contribution in [1.29, 1.82) is 0 Å². The molecular weight excluding hydrogens is 643 g/mol. The second-order valence-electron chi connectivity index (χ2n) is 10.9. The van der Waals surface area contributed by atoms with E-state index >= 15 is 0 Å². The Bertz CT molecular complexity index is 2060. The molecule has 244 valence electrons. The number of hydrogen-bond donors (Lipinski definition) is 2. The van der Waals surface area contributed by atoms with Gasteiger partial charge in [0.15, 0.2) is 4.96 Å². The fourth-order valence-corrected chi connectivity index (χ4v) is 6.19. The molecular formula is C34H28F3N7O3S. The van der Waals surface area contributed by atoms with Gasteiger partial charge in [-0.15, -0.1) is 24.5 Å². The Hall–Kier alpha value is -5.47. The minimum atomic E-state index is -4.82. The first kappa shape index (κ1) is 31.1. The van der Waals surface area contributed by atoms with Crippen LogP contribution in [-0.4, -0.2) is 57.9 Å². The summed E-state index contributed by atoms with van der Waals surface area (Å²) in [6.07, 6.45) is -1.35. The summed E-state index contributed by atoms with van der Waals surface area (Å²) in [6.45, 7) is 3.15. The summed E-state index contributed by atoms with van der Waals surface area (Å²) in [6, 6.07) is 22.5. The highest BCUT2D eigenvalue weighted by molar-refractivity contribution is 7.15. The molecule has 7 rings (SSSR count). The number of thiazole rings is 1. The van der Waals surface area contributed by atoms with E-state index in [4.69, 9.17) is 14.7 Å². The quantitative estimate of drug-likeness (QED) is 0.167. The van der Waals surface area contributed by atoms with Crippen LogP contribution >= 0.6 is 11.3 Å². The van der Waals surface area contributed by atoms with Crippen LogP contribution in [-0.2, 0) is 16.0 Å². The maximum absolute atomic E-state index is 12.9. The molecule has 0 spiro atoms. The molecule has 0 saturated carbocycles. The molecule has 1 aliphatic rings. The summed E-state index contributed by atoms with van der Waals surface area (Å²) in [5.74, 6) is -0.354. The van der Waals surface area contributed by atoms with Crippen molar-refractivity contribution in [2.45, 2.75) is 12.8 Å². The lowest BCUT2D eigenvalue weighted by molar-refractivity contribution is -0.274. The zero-order valence-electron chi connectivity index (χ0n) is 25.3. The number of carbonyl (C=O) groups excluding carboxylic acids is 1. The summed E-state index contributed by atoms with van der Waals surface area (Å²) < 4.78 is 49.3. The average Bonchev–Trinajstić information content (AvgIpc) is 3.67. The van der Waals surface area contributed by atoms with Crippen molar-refractivity contribution >= 4 is 45.2 Å². The number of hydrogen-bond acceptors (Lipinski definition) is 9. The second-order valence-corrected chi connectivity index (χ2v) is 11.8. The molecule has 0 bridgehead atoms. The molecule has 6 aromatic rings. The Labute approximate surface area is 276 Å². The fourth-order valence-electron chi connectivity index (χ4n) is 5.48. The van der Waals surface area contributed by atoms with Crippen molar-refractivity contribution in [1.82, 2.24) is 19.4 Å². The number of aromatic nitrogens is 4. The van der Waals surface area contributed by atoms with Crippen molar-refractivity contribution in [3.8, 4) is 28.4 Å². The Morgan fingerprint density at radius 1 is 0.958 bits per heavy atom. The monoisotopic (exact) mass is 671 g/mol. The minimum Gasteiger partial charge on any atom is -0.406 e. The summed E-state index contributed by atoms with van der Waals surface area (Å²) in [4.78, 5) is 30.1. The van der Waals surface area contributed by atoms with E-state index in [2.05, 4.69) is 37.4 Å². The molecule has 14 heteroatoms. The molecule has 3 aromatic heterocycles. The molecule has 0 aliphatic carbocycles. The number of nitrogens with zero attached hydrogens (tertiary/aromatic N) is 5. The third kappa shape index (κ3) is 7.24. The number of morpholine rings is 1. The number of nitrogens with one attached hydrogen (secondary N) is 2. The number of carbonyl (C=O) groups is 1. The molecule has 0 unspecified atom stereocenters. The lowest BCUT2D eigenvalue weighted by Crippen LogP contribution is -2.36. The number of halogens is 3.